The lowest BCUT2D eigenvalue weighted by Gasteiger charge is -2.19. The van der Waals surface area contributed by atoms with Crippen molar-refractivity contribution in [3.63, 3.8) is 0 Å². The quantitative estimate of drug-likeness (QED) is 0.0152. The molecular weight excluding hydrogens is 794 g/mol. The second-order valence-electron chi connectivity index (χ2n) is 14.2. The van der Waals surface area contributed by atoms with Crippen LogP contribution in [-0.2, 0) is 32.7 Å². The molecule has 4 atom stereocenters. The molecule has 0 aliphatic carbocycles. The molecule has 0 radical (unpaired) electrons. The smallest absolute Gasteiger partial charge is 0.462 e. The number of phosphoric acid groups is 1. The summed E-state index contributed by atoms with van der Waals surface area (Å²) in [5, 5.41) is 20.0. The largest absolute Gasteiger partial charge is 0.472 e. The third kappa shape index (κ3) is 42.8. The Morgan fingerprint density at radius 2 is 1.11 bits per heavy atom. The third-order valence-corrected chi connectivity index (χ3v) is 9.50. The number of aliphatic hydroxyl groups is 2. The van der Waals surface area contributed by atoms with E-state index in [0.717, 1.165) is 44.9 Å². The predicted octanol–water partition coefficient (Wildman–Crippen LogP) is 10.9. The number of allylic oxidation sites excluding steroid dienone is 16. The van der Waals surface area contributed by atoms with Crippen molar-refractivity contribution in [2.45, 2.75) is 148 Å². The van der Waals surface area contributed by atoms with E-state index in [9.17, 15) is 29.3 Å². The summed E-state index contributed by atoms with van der Waals surface area (Å²) in [6, 6.07) is 0. The number of aliphatic hydroxyl groups excluding tert-OH is 2. The number of carbonyl (C=O) groups is 2. The number of phosphoric ester groups is 1. The summed E-state index contributed by atoms with van der Waals surface area (Å²) in [6.07, 6.45) is 51.6. The molecule has 0 saturated carbocycles. The van der Waals surface area contributed by atoms with Crippen molar-refractivity contribution in [2.24, 2.45) is 5.73 Å². The molecule has 0 aromatic heterocycles. The first-order valence-corrected chi connectivity index (χ1v) is 23.7. The molecule has 0 rings (SSSR count). The molecule has 344 valence electrons. The minimum atomic E-state index is -4.44. The van der Waals surface area contributed by atoms with E-state index in [1.54, 1.807) is 36.5 Å². The van der Waals surface area contributed by atoms with E-state index in [1.165, 1.54) is 25.7 Å². The van der Waals surface area contributed by atoms with Crippen LogP contribution in [0.25, 0.3) is 0 Å². The van der Waals surface area contributed by atoms with Crippen LogP contribution in [0.5, 0.6) is 0 Å². The Balaban J connectivity index is 4.47. The van der Waals surface area contributed by atoms with Crippen LogP contribution in [0.3, 0.4) is 0 Å². The van der Waals surface area contributed by atoms with Crippen molar-refractivity contribution in [2.75, 3.05) is 26.4 Å². The minimum absolute atomic E-state index is 0.0117. The van der Waals surface area contributed by atoms with E-state index in [1.807, 2.05) is 43.4 Å². The fraction of sp³-hybridized carbons (Fsp3) is 0.551. The zero-order chi connectivity index (χ0) is 44.9. The lowest BCUT2D eigenvalue weighted by Crippen LogP contribution is -2.29. The Morgan fingerprint density at radius 3 is 1.67 bits per heavy atom. The summed E-state index contributed by atoms with van der Waals surface area (Å²) in [7, 11) is -4.44. The molecular formula is C49H78NO10P. The number of hydrogen-bond acceptors (Lipinski definition) is 10. The van der Waals surface area contributed by atoms with Gasteiger partial charge in [-0.05, 0) is 83.5 Å². The topological polar surface area (TPSA) is 175 Å². The monoisotopic (exact) mass is 872 g/mol. The molecule has 11 nitrogen and oxygen atoms in total. The Morgan fingerprint density at radius 1 is 0.590 bits per heavy atom. The van der Waals surface area contributed by atoms with Crippen LogP contribution in [0.1, 0.15) is 129 Å². The number of hydrogen-bond donors (Lipinski definition) is 4. The van der Waals surface area contributed by atoms with Gasteiger partial charge in [0, 0.05) is 19.4 Å². The van der Waals surface area contributed by atoms with Crippen LogP contribution >= 0.6 is 7.82 Å². The highest BCUT2D eigenvalue weighted by Crippen LogP contribution is 2.43. The number of nitrogens with two attached hydrogens (primary N) is 1. The maximum Gasteiger partial charge on any atom is 0.472 e. The second kappa shape index (κ2) is 43.0. The Labute approximate surface area is 367 Å². The van der Waals surface area contributed by atoms with Gasteiger partial charge in [0.05, 0.1) is 25.4 Å². The Bertz CT molecular complexity index is 1440. The maximum atomic E-state index is 12.6. The van der Waals surface area contributed by atoms with E-state index in [4.69, 9.17) is 24.3 Å². The van der Waals surface area contributed by atoms with Crippen molar-refractivity contribution in [1.82, 2.24) is 0 Å². The molecule has 0 spiro atoms. The SMILES string of the molecule is CC/C=C\C[C@H](O)/C=C/C=C\C=C\[C@H](O)C/C=C\C/C=C\CCC(=O)O[C@H](COC(=O)CCCCC/C=C\C/C=C\C/C=C\C/C=C\CCCCC)COP(=O)(O)OCCN. The number of carbonyl (C=O) groups excluding carboxylic acids is 2. The Kier molecular flexibility index (Phi) is 40.4. The maximum absolute atomic E-state index is 12.6. The molecule has 0 bridgehead atoms. The zero-order valence-corrected chi connectivity index (χ0v) is 38.0. The van der Waals surface area contributed by atoms with Gasteiger partial charge in [-0.15, -0.1) is 0 Å². The first-order chi connectivity index (χ1) is 29.6. The van der Waals surface area contributed by atoms with E-state index in [2.05, 4.69) is 55.5 Å². The van der Waals surface area contributed by atoms with Gasteiger partial charge in [0.2, 0.25) is 0 Å². The van der Waals surface area contributed by atoms with Gasteiger partial charge in [-0.2, -0.15) is 0 Å². The fourth-order valence-electron chi connectivity index (χ4n) is 5.17. The highest BCUT2D eigenvalue weighted by molar-refractivity contribution is 7.47. The van der Waals surface area contributed by atoms with Gasteiger partial charge in [-0.25, -0.2) is 4.57 Å². The van der Waals surface area contributed by atoms with Gasteiger partial charge in [0.15, 0.2) is 6.10 Å². The lowest BCUT2D eigenvalue weighted by molar-refractivity contribution is -0.161. The summed E-state index contributed by atoms with van der Waals surface area (Å²) in [6.45, 7) is 3.23. The summed E-state index contributed by atoms with van der Waals surface area (Å²) >= 11 is 0. The lowest BCUT2D eigenvalue weighted by atomic mass is 10.1. The average Bonchev–Trinajstić information content (AvgIpc) is 3.24. The van der Waals surface area contributed by atoms with Crippen molar-refractivity contribution >= 4 is 19.8 Å². The molecule has 12 heteroatoms. The molecule has 0 aliphatic rings. The highest BCUT2D eigenvalue weighted by atomic mass is 31.2. The third-order valence-electron chi connectivity index (χ3n) is 8.51. The number of unbranched alkanes of at least 4 members (excludes halogenated alkanes) is 6. The second-order valence-corrected chi connectivity index (χ2v) is 15.7. The standard InChI is InChI=1S/C49H78NO10P/c1-3-5-7-8-9-10-11-12-13-14-15-16-17-18-19-20-21-25-33-39-48(53)57-43-47(44-59-61(55,56)58-42-41-50)60-49(54)40-34-26-23-22-24-30-36-46(52)38-32-28-27-31-37-45(51)35-29-6-4-2/h6,9-10,12-13,15-16,18-19,23-24,26-32,37-38,45-47,51-52H,3-5,7-8,11,14,17,20-22,25,33-36,39-44,50H2,1-2H3,(H,55,56)/b10-9-,13-12-,16-15-,19-18-,26-23-,28-27-,29-6-,30-24-,37-31+,38-32+/t45-,46+,47+/m0/s1. The molecule has 0 aliphatic heterocycles. The van der Waals surface area contributed by atoms with E-state index < -0.39 is 44.7 Å². The van der Waals surface area contributed by atoms with Crippen molar-refractivity contribution < 1.29 is 47.8 Å². The van der Waals surface area contributed by atoms with Crippen LogP contribution in [0, 0.1) is 0 Å². The minimum Gasteiger partial charge on any atom is -0.462 e. The van der Waals surface area contributed by atoms with Crippen LogP contribution < -0.4 is 5.73 Å². The molecule has 5 N–H and O–H groups in total. The van der Waals surface area contributed by atoms with Crippen molar-refractivity contribution in [1.29, 1.82) is 0 Å². The number of rotatable bonds is 39. The van der Waals surface area contributed by atoms with Crippen molar-refractivity contribution in [3.8, 4) is 0 Å². The van der Waals surface area contributed by atoms with Gasteiger partial charge >= 0.3 is 19.8 Å². The summed E-state index contributed by atoms with van der Waals surface area (Å²) < 4.78 is 32.6. The highest BCUT2D eigenvalue weighted by Gasteiger charge is 2.25. The van der Waals surface area contributed by atoms with Gasteiger partial charge in [0.1, 0.15) is 6.61 Å². The first kappa shape index (κ1) is 57.3. The van der Waals surface area contributed by atoms with E-state index in [-0.39, 0.29) is 32.6 Å². The normalized spacial score (nSPS) is 15.4. The molecule has 61 heavy (non-hydrogen) atoms. The molecule has 0 heterocycles. The summed E-state index contributed by atoms with van der Waals surface area (Å²) in [5.41, 5.74) is 5.33. The molecule has 0 aromatic carbocycles. The van der Waals surface area contributed by atoms with Crippen LogP contribution in [0.15, 0.2) is 122 Å². The fourth-order valence-corrected chi connectivity index (χ4v) is 5.93. The summed E-state index contributed by atoms with van der Waals surface area (Å²) in [4.78, 5) is 34.9. The first-order valence-electron chi connectivity index (χ1n) is 22.2. The number of esters is 2. The van der Waals surface area contributed by atoms with Crippen LogP contribution in [0.4, 0.5) is 0 Å². The molecule has 0 amide bonds. The molecule has 1 unspecified atom stereocenters. The molecule has 0 aromatic rings. The van der Waals surface area contributed by atoms with E-state index >= 15 is 0 Å². The molecule has 0 fully saturated rings. The molecule has 0 saturated heterocycles. The van der Waals surface area contributed by atoms with Gasteiger partial charge in [-0.3, -0.25) is 18.6 Å². The van der Waals surface area contributed by atoms with Crippen LogP contribution in [0.2, 0.25) is 0 Å². The predicted molar refractivity (Wildman–Crippen MR) is 249 cm³/mol. The zero-order valence-electron chi connectivity index (χ0n) is 37.1. The Hall–Kier alpha value is -3.67. The summed E-state index contributed by atoms with van der Waals surface area (Å²) in [5.74, 6) is -1.05. The van der Waals surface area contributed by atoms with Crippen LogP contribution in [-0.4, -0.2) is 71.7 Å². The van der Waals surface area contributed by atoms with Gasteiger partial charge in [-0.1, -0.05) is 155 Å². The van der Waals surface area contributed by atoms with E-state index in [0.29, 0.717) is 32.1 Å². The number of ether oxygens (including phenoxy) is 2. The van der Waals surface area contributed by atoms with Gasteiger partial charge < -0.3 is 30.3 Å². The average molecular weight is 872 g/mol. The van der Waals surface area contributed by atoms with Gasteiger partial charge in [0.25, 0.3) is 0 Å². The van der Waals surface area contributed by atoms with Crippen molar-refractivity contribution in [3.05, 3.63) is 122 Å².